The molecule has 3 heterocycles. The average molecular weight is 384 g/mol. The Kier molecular flexibility index (Phi) is 4.74. The second kappa shape index (κ2) is 7.17. The normalized spacial score (nSPS) is 14.7. The maximum atomic E-state index is 5.59. The number of aryl methyl sites for hydroxylation is 2. The van der Waals surface area contributed by atoms with Crippen LogP contribution < -0.4 is 10.2 Å². The minimum Gasteiger partial charge on any atom is -0.345 e. The quantitative estimate of drug-likeness (QED) is 0.679. The molecule has 1 aromatic carbocycles. The first kappa shape index (κ1) is 17.2. The average Bonchev–Trinajstić information content (AvgIpc) is 3.05. The van der Waals surface area contributed by atoms with E-state index in [0.717, 1.165) is 53.5 Å². The Morgan fingerprint density at radius 1 is 1.08 bits per heavy atom. The molecule has 1 saturated heterocycles. The molecular formula is C19H21N5S2. The number of rotatable bonds is 2. The standard InChI is InChI=1S/C19H21N5S2/c1-13-11-14(2)20-17(12-13)22-18(25)23-7-9-24(10-8-23)19-21-15-5-3-4-6-16(15)26-19/h3-6,11-12H,7-10H2,1-2H3,(H,20,22,25). The third-order valence-electron chi connectivity index (χ3n) is 4.45. The molecule has 7 heteroatoms. The SMILES string of the molecule is Cc1cc(C)nc(NC(=S)N2CCN(c3nc4ccccc4s3)CC2)c1. The number of anilines is 2. The van der Waals surface area contributed by atoms with Crippen LogP contribution in [0.25, 0.3) is 10.2 Å². The van der Waals surface area contributed by atoms with Gasteiger partial charge in [-0.25, -0.2) is 9.97 Å². The van der Waals surface area contributed by atoms with Crippen LogP contribution in [-0.4, -0.2) is 46.2 Å². The number of piperazine rings is 1. The topological polar surface area (TPSA) is 44.3 Å². The summed E-state index contributed by atoms with van der Waals surface area (Å²) in [6, 6.07) is 12.4. The summed E-state index contributed by atoms with van der Waals surface area (Å²) in [5, 5.41) is 5.12. The zero-order valence-electron chi connectivity index (χ0n) is 14.9. The van der Waals surface area contributed by atoms with Crippen LogP contribution in [0.15, 0.2) is 36.4 Å². The number of fused-ring (bicyclic) bond motifs is 1. The second-order valence-electron chi connectivity index (χ2n) is 6.54. The fourth-order valence-electron chi connectivity index (χ4n) is 3.19. The second-order valence-corrected chi connectivity index (χ2v) is 7.94. The number of hydrogen-bond acceptors (Lipinski definition) is 5. The molecule has 1 aliphatic rings. The first-order valence-corrected chi connectivity index (χ1v) is 9.93. The van der Waals surface area contributed by atoms with Crippen molar-refractivity contribution >= 4 is 49.8 Å². The number of thiocarbonyl (C=S) groups is 1. The number of hydrogen-bond donors (Lipinski definition) is 1. The van der Waals surface area contributed by atoms with Gasteiger partial charge in [0, 0.05) is 31.9 Å². The Balaban J connectivity index is 1.39. The highest BCUT2D eigenvalue weighted by atomic mass is 32.1. The third kappa shape index (κ3) is 3.64. The molecule has 1 N–H and O–H groups in total. The van der Waals surface area contributed by atoms with Crippen LogP contribution >= 0.6 is 23.6 Å². The molecule has 2 aromatic heterocycles. The molecule has 0 atom stereocenters. The molecule has 1 aliphatic heterocycles. The summed E-state index contributed by atoms with van der Waals surface area (Å²) in [5.74, 6) is 0.820. The fourth-order valence-corrected chi connectivity index (χ4v) is 4.49. The van der Waals surface area contributed by atoms with Gasteiger partial charge in [0.1, 0.15) is 5.82 Å². The van der Waals surface area contributed by atoms with Gasteiger partial charge in [-0.05, 0) is 55.9 Å². The number of pyridine rings is 1. The number of nitrogens with one attached hydrogen (secondary N) is 1. The van der Waals surface area contributed by atoms with Crippen molar-refractivity contribution in [3.63, 3.8) is 0 Å². The highest BCUT2D eigenvalue weighted by Gasteiger charge is 2.21. The highest BCUT2D eigenvalue weighted by Crippen LogP contribution is 2.29. The smallest absolute Gasteiger partial charge is 0.186 e. The minimum atomic E-state index is 0.742. The van der Waals surface area contributed by atoms with Gasteiger partial charge in [0.25, 0.3) is 0 Å². The largest absolute Gasteiger partial charge is 0.345 e. The third-order valence-corrected chi connectivity index (χ3v) is 5.91. The molecule has 0 aliphatic carbocycles. The molecule has 0 radical (unpaired) electrons. The number of thiazole rings is 1. The van der Waals surface area contributed by atoms with Crippen molar-refractivity contribution < 1.29 is 0 Å². The Morgan fingerprint density at radius 3 is 2.58 bits per heavy atom. The Bertz CT molecular complexity index is 891. The van der Waals surface area contributed by atoms with Crippen molar-refractivity contribution in [3.05, 3.63) is 47.7 Å². The minimum absolute atomic E-state index is 0.742. The number of aromatic nitrogens is 2. The lowest BCUT2D eigenvalue weighted by Crippen LogP contribution is -2.50. The van der Waals surface area contributed by atoms with E-state index < -0.39 is 0 Å². The van der Waals surface area contributed by atoms with Crippen molar-refractivity contribution in [2.45, 2.75) is 13.8 Å². The maximum absolute atomic E-state index is 5.59. The van der Waals surface area contributed by atoms with E-state index in [9.17, 15) is 0 Å². The zero-order chi connectivity index (χ0) is 18.1. The van der Waals surface area contributed by atoms with Crippen LogP contribution in [0.2, 0.25) is 0 Å². The molecule has 0 spiro atoms. The zero-order valence-corrected chi connectivity index (χ0v) is 16.5. The van der Waals surface area contributed by atoms with Gasteiger partial charge in [0.05, 0.1) is 10.2 Å². The molecule has 0 unspecified atom stereocenters. The fraction of sp³-hybridized carbons (Fsp3) is 0.316. The van der Waals surface area contributed by atoms with Gasteiger partial charge in [-0.2, -0.15) is 0 Å². The number of nitrogens with zero attached hydrogens (tertiary/aromatic N) is 4. The van der Waals surface area contributed by atoms with E-state index in [1.165, 1.54) is 10.3 Å². The first-order chi connectivity index (χ1) is 12.6. The van der Waals surface area contributed by atoms with E-state index in [4.69, 9.17) is 17.2 Å². The van der Waals surface area contributed by atoms with Gasteiger partial charge in [-0.15, -0.1) is 0 Å². The number of para-hydroxylation sites is 1. The molecule has 3 aromatic rings. The van der Waals surface area contributed by atoms with Crippen LogP contribution in [0.3, 0.4) is 0 Å². The summed E-state index contributed by atoms with van der Waals surface area (Å²) in [6.07, 6.45) is 0. The van der Waals surface area contributed by atoms with E-state index >= 15 is 0 Å². The molecule has 134 valence electrons. The Labute approximate surface area is 162 Å². The van der Waals surface area contributed by atoms with Gasteiger partial charge < -0.3 is 15.1 Å². The van der Waals surface area contributed by atoms with Crippen molar-refractivity contribution in [2.24, 2.45) is 0 Å². The summed E-state index contributed by atoms with van der Waals surface area (Å²) in [7, 11) is 0. The lowest BCUT2D eigenvalue weighted by Gasteiger charge is -2.36. The highest BCUT2D eigenvalue weighted by molar-refractivity contribution is 7.80. The summed E-state index contributed by atoms with van der Waals surface area (Å²) in [6.45, 7) is 7.67. The lowest BCUT2D eigenvalue weighted by molar-refractivity contribution is 0.390. The van der Waals surface area contributed by atoms with E-state index in [-0.39, 0.29) is 0 Å². The molecule has 0 amide bonds. The van der Waals surface area contributed by atoms with Gasteiger partial charge >= 0.3 is 0 Å². The Morgan fingerprint density at radius 2 is 1.85 bits per heavy atom. The van der Waals surface area contributed by atoms with Gasteiger partial charge in [-0.3, -0.25) is 0 Å². The van der Waals surface area contributed by atoms with Crippen LogP contribution in [0.5, 0.6) is 0 Å². The molecule has 0 saturated carbocycles. The predicted molar refractivity (Wildman–Crippen MR) is 113 cm³/mol. The van der Waals surface area contributed by atoms with Crippen LogP contribution in [-0.2, 0) is 0 Å². The van der Waals surface area contributed by atoms with Crippen molar-refractivity contribution in [1.29, 1.82) is 0 Å². The van der Waals surface area contributed by atoms with E-state index in [2.05, 4.69) is 51.3 Å². The van der Waals surface area contributed by atoms with E-state index in [1.54, 1.807) is 11.3 Å². The first-order valence-electron chi connectivity index (χ1n) is 8.70. The van der Waals surface area contributed by atoms with Crippen molar-refractivity contribution in [3.8, 4) is 0 Å². The van der Waals surface area contributed by atoms with Gasteiger partial charge in [0.15, 0.2) is 10.2 Å². The summed E-state index contributed by atoms with van der Waals surface area (Å²) in [4.78, 5) is 13.8. The van der Waals surface area contributed by atoms with Gasteiger partial charge in [0.2, 0.25) is 0 Å². The predicted octanol–water partition coefficient (Wildman–Crippen LogP) is 3.83. The van der Waals surface area contributed by atoms with Crippen LogP contribution in [0, 0.1) is 13.8 Å². The van der Waals surface area contributed by atoms with E-state index in [0.29, 0.717) is 0 Å². The molecule has 4 rings (SSSR count). The van der Waals surface area contributed by atoms with Crippen molar-refractivity contribution in [1.82, 2.24) is 14.9 Å². The Hall–Kier alpha value is -2.25. The lowest BCUT2D eigenvalue weighted by atomic mass is 10.2. The summed E-state index contributed by atoms with van der Waals surface area (Å²) >= 11 is 7.35. The van der Waals surface area contributed by atoms with Crippen LogP contribution in [0.1, 0.15) is 11.3 Å². The van der Waals surface area contributed by atoms with E-state index in [1.807, 2.05) is 19.1 Å². The molecular weight excluding hydrogens is 362 g/mol. The molecule has 26 heavy (non-hydrogen) atoms. The maximum Gasteiger partial charge on any atom is 0.186 e. The molecule has 5 nitrogen and oxygen atoms in total. The van der Waals surface area contributed by atoms with Crippen LogP contribution in [0.4, 0.5) is 10.9 Å². The molecule has 0 bridgehead atoms. The number of benzene rings is 1. The summed E-state index contributed by atoms with van der Waals surface area (Å²) in [5.41, 5.74) is 3.26. The summed E-state index contributed by atoms with van der Waals surface area (Å²) < 4.78 is 1.24. The van der Waals surface area contributed by atoms with Crippen molar-refractivity contribution in [2.75, 3.05) is 36.4 Å². The monoisotopic (exact) mass is 383 g/mol. The van der Waals surface area contributed by atoms with Gasteiger partial charge in [-0.1, -0.05) is 23.5 Å². The molecule has 1 fully saturated rings.